The van der Waals surface area contributed by atoms with E-state index in [0.29, 0.717) is 17.8 Å². The van der Waals surface area contributed by atoms with Gasteiger partial charge in [0.1, 0.15) is 36.8 Å². The Labute approximate surface area is 245 Å². The van der Waals surface area contributed by atoms with Crippen LogP contribution in [0.5, 0.6) is 0 Å². The number of aliphatic hydroxyl groups is 1. The number of carbonyl (C=O) groups is 3. The summed E-state index contributed by atoms with van der Waals surface area (Å²) < 4.78 is 17.4. The standard InChI is InChI=1S/C30H41N5O7/c1-6-18(4)28(38)35-27(33-16-31)20-12-13-22(34-20)30(5)26(37)25(41-29(39)24(32)17(2)3)21(42-30)15-40-23(36)14-19-10-8-7-9-11-19/h7-13,16-18,21,24-26,34,37H,6,14-15,32H2,1-5H3,(H2,31,33,35,38)/t18-,21-,24+,25-,26-,30+/m1/s1. The molecule has 6 atom stereocenters. The van der Waals surface area contributed by atoms with Crippen LogP contribution >= 0.6 is 0 Å². The van der Waals surface area contributed by atoms with Crippen LogP contribution in [0.3, 0.4) is 0 Å². The van der Waals surface area contributed by atoms with Crippen LogP contribution in [-0.4, -0.2) is 71.1 Å². The highest BCUT2D eigenvalue weighted by Crippen LogP contribution is 2.41. The second kappa shape index (κ2) is 14.3. The SMILES string of the molecule is CC[C@@H](C)C(=O)N/C(=N/C=N)c1ccc([C@]2(C)O[C@H](COC(=O)Cc3ccccc3)[C@@H](OC(=O)[C@@H](N)C(C)C)[C@H]2O)[nH]1. The van der Waals surface area contributed by atoms with Gasteiger partial charge in [0.25, 0.3) is 0 Å². The van der Waals surface area contributed by atoms with Crippen molar-refractivity contribution in [3.8, 4) is 0 Å². The van der Waals surface area contributed by atoms with Crippen molar-refractivity contribution >= 4 is 30.0 Å². The molecule has 12 nitrogen and oxygen atoms in total. The van der Waals surface area contributed by atoms with Crippen molar-refractivity contribution < 1.29 is 33.7 Å². The number of hydrogen-bond acceptors (Lipinski definition) is 9. The van der Waals surface area contributed by atoms with Gasteiger partial charge in [-0.2, -0.15) is 0 Å². The lowest BCUT2D eigenvalue weighted by atomic mass is 9.93. The van der Waals surface area contributed by atoms with Gasteiger partial charge in [-0.05, 0) is 37.0 Å². The zero-order chi connectivity index (χ0) is 31.0. The van der Waals surface area contributed by atoms with Gasteiger partial charge >= 0.3 is 11.9 Å². The summed E-state index contributed by atoms with van der Waals surface area (Å²) in [6.45, 7) is 8.53. The smallest absolute Gasteiger partial charge is 0.323 e. The molecule has 0 radical (unpaired) electrons. The van der Waals surface area contributed by atoms with Gasteiger partial charge in [-0.15, -0.1) is 0 Å². The number of aliphatic hydroxyl groups excluding tert-OH is 1. The first-order valence-electron chi connectivity index (χ1n) is 14.0. The van der Waals surface area contributed by atoms with Crippen LogP contribution < -0.4 is 11.1 Å². The predicted molar refractivity (Wildman–Crippen MR) is 156 cm³/mol. The summed E-state index contributed by atoms with van der Waals surface area (Å²) in [7, 11) is 0. The summed E-state index contributed by atoms with van der Waals surface area (Å²) >= 11 is 0. The maximum Gasteiger partial charge on any atom is 0.323 e. The number of carbonyl (C=O) groups excluding carboxylic acids is 3. The third-order valence-corrected chi connectivity index (χ3v) is 7.45. The molecule has 1 fully saturated rings. The highest BCUT2D eigenvalue weighted by molar-refractivity contribution is 6.09. The molecule has 2 aromatic rings. The maximum atomic E-state index is 12.8. The molecule has 228 valence electrons. The van der Waals surface area contributed by atoms with E-state index in [2.05, 4.69) is 15.3 Å². The molecule has 42 heavy (non-hydrogen) atoms. The molecule has 1 aromatic heterocycles. The van der Waals surface area contributed by atoms with Gasteiger partial charge in [0.05, 0.1) is 17.8 Å². The van der Waals surface area contributed by atoms with Crippen molar-refractivity contribution in [1.29, 1.82) is 5.41 Å². The third kappa shape index (κ3) is 7.69. The Morgan fingerprint density at radius 1 is 1.21 bits per heavy atom. The molecule has 0 bridgehead atoms. The molecule has 3 rings (SSSR count). The number of benzene rings is 1. The Balaban J connectivity index is 1.85. The van der Waals surface area contributed by atoms with E-state index in [9.17, 15) is 19.5 Å². The number of rotatable bonds is 12. The maximum absolute atomic E-state index is 12.8. The van der Waals surface area contributed by atoms with E-state index in [4.69, 9.17) is 25.4 Å². The molecule has 1 aromatic carbocycles. The minimum Gasteiger partial charge on any atom is -0.463 e. The molecule has 1 amide bonds. The van der Waals surface area contributed by atoms with Gasteiger partial charge in [0, 0.05) is 5.92 Å². The minimum absolute atomic E-state index is 0.0353. The average Bonchev–Trinajstić information content (AvgIpc) is 3.56. The fraction of sp³-hybridized carbons (Fsp3) is 0.500. The van der Waals surface area contributed by atoms with E-state index in [1.165, 1.54) is 0 Å². The Morgan fingerprint density at radius 2 is 1.90 bits per heavy atom. The molecule has 0 saturated carbocycles. The number of amides is 1. The van der Waals surface area contributed by atoms with Crippen molar-refractivity contribution in [2.75, 3.05) is 6.61 Å². The number of aliphatic imine (C=N–C) groups is 1. The fourth-order valence-electron chi connectivity index (χ4n) is 4.42. The number of hydrogen-bond donors (Lipinski definition) is 5. The van der Waals surface area contributed by atoms with Crippen LogP contribution in [0.1, 0.15) is 58.0 Å². The number of aromatic nitrogens is 1. The monoisotopic (exact) mass is 583 g/mol. The molecule has 0 spiro atoms. The van der Waals surface area contributed by atoms with Crippen molar-refractivity contribution in [3.63, 3.8) is 0 Å². The number of amidine groups is 1. The first kappa shape index (κ1) is 32.6. The fourth-order valence-corrected chi connectivity index (χ4v) is 4.42. The average molecular weight is 584 g/mol. The first-order chi connectivity index (χ1) is 19.9. The third-order valence-electron chi connectivity index (χ3n) is 7.45. The van der Waals surface area contributed by atoms with E-state index in [1.54, 1.807) is 52.0 Å². The van der Waals surface area contributed by atoms with E-state index in [1.807, 2.05) is 25.1 Å². The molecule has 1 aliphatic rings. The summed E-state index contributed by atoms with van der Waals surface area (Å²) in [4.78, 5) is 44.9. The summed E-state index contributed by atoms with van der Waals surface area (Å²) in [5, 5.41) is 21.6. The molecule has 0 unspecified atom stereocenters. The topological polar surface area (TPSA) is 189 Å². The number of ether oxygens (including phenoxy) is 3. The number of aromatic amines is 1. The minimum atomic E-state index is -1.45. The normalized spacial score (nSPS) is 23.7. The van der Waals surface area contributed by atoms with Crippen LogP contribution in [0.25, 0.3) is 0 Å². The van der Waals surface area contributed by atoms with Crippen LogP contribution in [0.15, 0.2) is 47.5 Å². The highest BCUT2D eigenvalue weighted by Gasteiger charge is 2.56. The van der Waals surface area contributed by atoms with E-state index in [0.717, 1.165) is 11.9 Å². The number of nitrogens with one attached hydrogen (secondary N) is 3. The number of nitrogens with zero attached hydrogens (tertiary/aromatic N) is 1. The van der Waals surface area contributed by atoms with E-state index < -0.39 is 41.9 Å². The summed E-state index contributed by atoms with van der Waals surface area (Å²) in [6, 6.07) is 11.4. The van der Waals surface area contributed by atoms with Gasteiger partial charge in [-0.1, -0.05) is 58.0 Å². The summed E-state index contributed by atoms with van der Waals surface area (Å²) in [5.41, 5.74) is 6.07. The molecular formula is C30H41N5O7. The van der Waals surface area contributed by atoms with Crippen LogP contribution in [0, 0.1) is 17.2 Å². The Hall–Kier alpha value is -3.87. The lowest BCUT2D eigenvalue weighted by Crippen LogP contribution is -2.46. The second-order valence-corrected chi connectivity index (χ2v) is 10.9. The van der Waals surface area contributed by atoms with Crippen molar-refractivity contribution in [1.82, 2.24) is 10.3 Å². The Kier molecular flexibility index (Phi) is 11.1. The van der Waals surface area contributed by atoms with Crippen molar-refractivity contribution in [2.45, 2.75) is 77.4 Å². The molecule has 12 heteroatoms. The second-order valence-electron chi connectivity index (χ2n) is 10.9. The quantitative estimate of drug-likeness (QED) is 0.143. The first-order valence-corrected chi connectivity index (χ1v) is 14.0. The lowest BCUT2D eigenvalue weighted by Gasteiger charge is -2.27. The molecule has 0 aliphatic carbocycles. The molecule has 1 saturated heterocycles. The predicted octanol–water partition coefficient (Wildman–Crippen LogP) is 2.19. The zero-order valence-electron chi connectivity index (χ0n) is 24.6. The van der Waals surface area contributed by atoms with Crippen molar-refractivity contribution in [2.24, 2.45) is 22.6 Å². The molecule has 1 aliphatic heterocycles. The number of H-pyrrole nitrogens is 1. The van der Waals surface area contributed by atoms with Gasteiger partial charge in [0.15, 0.2) is 11.9 Å². The lowest BCUT2D eigenvalue weighted by molar-refractivity contribution is -0.162. The van der Waals surface area contributed by atoms with Crippen molar-refractivity contribution in [3.05, 3.63) is 59.4 Å². The van der Waals surface area contributed by atoms with Gasteiger partial charge in [-0.25, -0.2) is 4.99 Å². The molecular weight excluding hydrogens is 542 g/mol. The van der Waals surface area contributed by atoms with Crippen LogP contribution in [-0.2, 0) is 40.6 Å². The van der Waals surface area contributed by atoms with Gasteiger partial charge in [0.2, 0.25) is 5.91 Å². The highest BCUT2D eigenvalue weighted by atomic mass is 16.6. The van der Waals surface area contributed by atoms with Crippen LogP contribution in [0.2, 0.25) is 0 Å². The zero-order valence-corrected chi connectivity index (χ0v) is 24.6. The Morgan fingerprint density at radius 3 is 2.52 bits per heavy atom. The number of nitrogens with two attached hydrogens (primary N) is 1. The Bertz CT molecular complexity index is 1280. The van der Waals surface area contributed by atoms with E-state index >= 15 is 0 Å². The summed E-state index contributed by atoms with van der Waals surface area (Å²) in [6.07, 6.45) is -2.14. The molecule has 2 heterocycles. The summed E-state index contributed by atoms with van der Waals surface area (Å²) in [5.74, 6) is -1.86. The van der Waals surface area contributed by atoms with E-state index in [-0.39, 0.29) is 36.6 Å². The van der Waals surface area contributed by atoms with Crippen LogP contribution in [0.4, 0.5) is 0 Å². The molecule has 6 N–H and O–H groups in total. The largest absolute Gasteiger partial charge is 0.463 e. The van der Waals surface area contributed by atoms with Gasteiger partial charge in [-0.3, -0.25) is 19.8 Å². The van der Waals surface area contributed by atoms with Gasteiger partial charge < -0.3 is 35.4 Å². The number of esters is 2.